The Bertz CT molecular complexity index is 757. The predicted octanol–water partition coefficient (Wildman–Crippen LogP) is 3.00. The lowest BCUT2D eigenvalue weighted by Gasteiger charge is -2.29. The fraction of sp³-hybridized carbons (Fsp3) is 0.500. The summed E-state index contributed by atoms with van der Waals surface area (Å²) in [6, 6.07) is 11.0. The zero-order valence-electron chi connectivity index (χ0n) is 14.8. The molecule has 2 atom stereocenters. The van der Waals surface area contributed by atoms with E-state index in [9.17, 15) is 4.79 Å². The first-order valence-electron chi connectivity index (χ1n) is 9.37. The van der Waals surface area contributed by atoms with Gasteiger partial charge in [-0.15, -0.1) is 0 Å². The molecule has 5 heteroatoms. The third-order valence-corrected chi connectivity index (χ3v) is 5.70. The summed E-state index contributed by atoms with van der Waals surface area (Å²) in [4.78, 5) is 22.0. The summed E-state index contributed by atoms with van der Waals surface area (Å²) in [5.41, 5.74) is 2.05. The molecule has 2 fully saturated rings. The van der Waals surface area contributed by atoms with E-state index < -0.39 is 0 Å². The van der Waals surface area contributed by atoms with Gasteiger partial charge in [0, 0.05) is 43.3 Å². The molecule has 0 radical (unpaired) electrons. The monoisotopic (exact) mass is 338 g/mol. The Kier molecular flexibility index (Phi) is 4.57. The van der Waals surface area contributed by atoms with Crippen molar-refractivity contribution >= 4 is 16.9 Å². The lowest BCUT2D eigenvalue weighted by atomic mass is 10.1. The SMILES string of the molecule is CCN1CCC2CCC(C1)N2C(=O)NCc1cccc2cccnc12. The maximum Gasteiger partial charge on any atom is 0.318 e. The number of rotatable bonds is 3. The second-order valence-electron chi connectivity index (χ2n) is 7.13. The topological polar surface area (TPSA) is 48.5 Å². The number of carbonyl (C=O) groups excluding carboxylic acids is 1. The zero-order valence-corrected chi connectivity index (χ0v) is 14.8. The number of likely N-dealkylation sites (tertiary alicyclic amines) is 1. The van der Waals surface area contributed by atoms with Gasteiger partial charge in [0.05, 0.1) is 5.52 Å². The molecule has 1 aromatic carbocycles. The lowest BCUT2D eigenvalue weighted by Crippen LogP contribution is -2.47. The van der Waals surface area contributed by atoms with Gasteiger partial charge in [0.15, 0.2) is 0 Å². The largest absolute Gasteiger partial charge is 0.334 e. The Morgan fingerprint density at radius 1 is 1.20 bits per heavy atom. The van der Waals surface area contributed by atoms with Gasteiger partial charge in [0.1, 0.15) is 0 Å². The molecule has 25 heavy (non-hydrogen) atoms. The van der Waals surface area contributed by atoms with Crippen LogP contribution in [0.15, 0.2) is 36.5 Å². The number of urea groups is 1. The molecule has 2 aromatic rings. The highest BCUT2D eigenvalue weighted by Crippen LogP contribution is 2.30. The number of fused-ring (bicyclic) bond motifs is 3. The first kappa shape index (κ1) is 16.3. The number of likely N-dealkylation sites (N-methyl/N-ethyl adjacent to an activating group) is 1. The van der Waals surface area contributed by atoms with Gasteiger partial charge in [-0.1, -0.05) is 31.2 Å². The van der Waals surface area contributed by atoms with Crippen molar-refractivity contribution in [2.75, 3.05) is 19.6 Å². The summed E-state index contributed by atoms with van der Waals surface area (Å²) in [7, 11) is 0. The van der Waals surface area contributed by atoms with Crippen LogP contribution < -0.4 is 5.32 Å². The van der Waals surface area contributed by atoms with E-state index in [1.807, 2.05) is 24.4 Å². The molecule has 0 saturated carbocycles. The number of hydrogen-bond donors (Lipinski definition) is 1. The number of pyridine rings is 1. The first-order valence-corrected chi connectivity index (χ1v) is 9.37. The molecule has 2 bridgehead atoms. The molecule has 132 valence electrons. The van der Waals surface area contributed by atoms with E-state index in [4.69, 9.17) is 0 Å². The zero-order chi connectivity index (χ0) is 17.2. The van der Waals surface area contributed by atoms with Crippen molar-refractivity contribution in [3.8, 4) is 0 Å². The molecule has 0 spiro atoms. The van der Waals surface area contributed by atoms with Gasteiger partial charge in [0.25, 0.3) is 0 Å². The van der Waals surface area contributed by atoms with E-state index in [1.54, 1.807) is 0 Å². The molecule has 2 saturated heterocycles. The molecule has 1 aromatic heterocycles. The highest BCUT2D eigenvalue weighted by atomic mass is 16.2. The standard InChI is InChI=1S/C20H26N4O/c1-2-23-12-10-17-8-9-18(14-23)24(17)20(25)22-13-16-6-3-5-15-7-4-11-21-19(15)16/h3-7,11,17-18H,2,8-10,12-14H2,1H3,(H,22,25). The molecule has 3 heterocycles. The van der Waals surface area contributed by atoms with Crippen molar-refractivity contribution in [2.45, 2.75) is 44.8 Å². The minimum Gasteiger partial charge on any atom is -0.334 e. The van der Waals surface area contributed by atoms with Gasteiger partial charge in [0.2, 0.25) is 0 Å². The summed E-state index contributed by atoms with van der Waals surface area (Å²) in [5.74, 6) is 0. The summed E-state index contributed by atoms with van der Waals surface area (Å²) in [6.07, 6.45) is 5.17. The Balaban J connectivity index is 1.47. The van der Waals surface area contributed by atoms with E-state index in [1.165, 1.54) is 0 Å². The normalized spacial score (nSPS) is 23.6. The average Bonchev–Trinajstić information content (AvgIpc) is 2.94. The molecule has 1 N–H and O–H groups in total. The first-order chi connectivity index (χ1) is 12.3. The van der Waals surface area contributed by atoms with Gasteiger partial charge >= 0.3 is 6.03 Å². The number of aromatic nitrogens is 1. The molecule has 0 aliphatic carbocycles. The summed E-state index contributed by atoms with van der Waals surface area (Å²) < 4.78 is 0. The van der Waals surface area contributed by atoms with Crippen LogP contribution in [0, 0.1) is 0 Å². The summed E-state index contributed by atoms with van der Waals surface area (Å²) in [5, 5.41) is 4.26. The number of nitrogens with one attached hydrogen (secondary N) is 1. The number of nitrogens with zero attached hydrogens (tertiary/aromatic N) is 3. The van der Waals surface area contributed by atoms with Crippen molar-refractivity contribution in [1.82, 2.24) is 20.1 Å². The van der Waals surface area contributed by atoms with Crippen LogP contribution in [0.4, 0.5) is 4.79 Å². The van der Waals surface area contributed by atoms with Gasteiger partial charge in [-0.25, -0.2) is 4.79 Å². The minimum atomic E-state index is 0.0818. The number of amides is 2. The second kappa shape index (κ2) is 7.00. The second-order valence-corrected chi connectivity index (χ2v) is 7.13. The molecule has 4 rings (SSSR count). The fourth-order valence-corrected chi connectivity index (χ4v) is 4.34. The molecular weight excluding hydrogens is 312 g/mol. The highest BCUT2D eigenvalue weighted by molar-refractivity contribution is 5.82. The van der Waals surface area contributed by atoms with Crippen LogP contribution in [-0.4, -0.2) is 52.5 Å². The summed E-state index contributed by atoms with van der Waals surface area (Å²) >= 11 is 0. The number of para-hydroxylation sites is 1. The van der Waals surface area contributed by atoms with Gasteiger partial charge in [-0.2, -0.15) is 0 Å². The van der Waals surface area contributed by atoms with Crippen LogP contribution in [-0.2, 0) is 6.54 Å². The molecular formula is C20H26N4O. The van der Waals surface area contributed by atoms with Crippen LogP contribution in [0.3, 0.4) is 0 Å². The van der Waals surface area contributed by atoms with Gasteiger partial charge in [-0.05, 0) is 37.4 Å². The molecule has 2 amide bonds. The van der Waals surface area contributed by atoms with Crippen LogP contribution in [0.2, 0.25) is 0 Å². The number of benzene rings is 1. The van der Waals surface area contributed by atoms with E-state index in [0.717, 1.165) is 55.4 Å². The van der Waals surface area contributed by atoms with Crippen LogP contribution in [0.5, 0.6) is 0 Å². The van der Waals surface area contributed by atoms with Gasteiger partial charge in [-0.3, -0.25) is 4.98 Å². The Hall–Kier alpha value is -2.14. The minimum absolute atomic E-state index is 0.0818. The van der Waals surface area contributed by atoms with Crippen molar-refractivity contribution < 1.29 is 4.79 Å². The van der Waals surface area contributed by atoms with Crippen molar-refractivity contribution in [3.63, 3.8) is 0 Å². The number of hydrogen-bond acceptors (Lipinski definition) is 3. The highest BCUT2D eigenvalue weighted by Gasteiger charge is 2.39. The molecule has 5 nitrogen and oxygen atoms in total. The summed E-state index contributed by atoms with van der Waals surface area (Å²) in [6.45, 7) is 5.92. The van der Waals surface area contributed by atoms with Crippen LogP contribution >= 0.6 is 0 Å². The van der Waals surface area contributed by atoms with Crippen LogP contribution in [0.1, 0.15) is 31.7 Å². The fourth-order valence-electron chi connectivity index (χ4n) is 4.34. The van der Waals surface area contributed by atoms with Crippen molar-refractivity contribution in [3.05, 3.63) is 42.1 Å². The van der Waals surface area contributed by atoms with Gasteiger partial charge < -0.3 is 15.1 Å². The molecule has 2 unspecified atom stereocenters. The van der Waals surface area contributed by atoms with Crippen LogP contribution in [0.25, 0.3) is 10.9 Å². The molecule has 2 aliphatic heterocycles. The lowest BCUT2D eigenvalue weighted by molar-refractivity contribution is 0.170. The van der Waals surface area contributed by atoms with E-state index in [2.05, 4.69) is 39.2 Å². The maximum atomic E-state index is 12.9. The van der Waals surface area contributed by atoms with E-state index >= 15 is 0 Å². The Morgan fingerprint density at radius 3 is 2.92 bits per heavy atom. The maximum absolute atomic E-state index is 12.9. The number of carbonyl (C=O) groups is 1. The van der Waals surface area contributed by atoms with E-state index in [-0.39, 0.29) is 6.03 Å². The Morgan fingerprint density at radius 2 is 2.04 bits per heavy atom. The smallest absolute Gasteiger partial charge is 0.318 e. The van der Waals surface area contributed by atoms with E-state index in [0.29, 0.717) is 18.6 Å². The third-order valence-electron chi connectivity index (χ3n) is 5.70. The quantitative estimate of drug-likeness (QED) is 0.936. The van der Waals surface area contributed by atoms with Crippen molar-refractivity contribution in [1.29, 1.82) is 0 Å². The third kappa shape index (κ3) is 3.21. The Labute approximate surface area is 149 Å². The van der Waals surface area contributed by atoms with Crippen molar-refractivity contribution in [2.24, 2.45) is 0 Å². The average molecular weight is 338 g/mol. The predicted molar refractivity (Wildman–Crippen MR) is 99.4 cm³/mol. The molecule has 2 aliphatic rings.